The summed E-state index contributed by atoms with van der Waals surface area (Å²) in [4.78, 5) is 27.3. The van der Waals surface area contributed by atoms with E-state index >= 15 is 0 Å². The molecule has 0 aromatic carbocycles. The molecule has 2 heterocycles. The van der Waals surface area contributed by atoms with Crippen molar-refractivity contribution in [3.8, 4) is 0 Å². The lowest BCUT2D eigenvalue weighted by Gasteiger charge is -2.04. The average molecular weight is 287 g/mol. The van der Waals surface area contributed by atoms with Gasteiger partial charge < -0.3 is 10.3 Å². The van der Waals surface area contributed by atoms with Crippen LogP contribution >= 0.6 is 22.9 Å². The number of H-pyrrole nitrogens is 1. The van der Waals surface area contributed by atoms with E-state index in [-0.39, 0.29) is 21.5 Å². The monoisotopic (exact) mass is 286 g/mol. The fourth-order valence-corrected chi connectivity index (χ4v) is 2.05. The van der Waals surface area contributed by atoms with Crippen molar-refractivity contribution >= 4 is 34.4 Å². The molecule has 0 fully saturated rings. The highest BCUT2D eigenvalue weighted by Gasteiger charge is 2.10. The predicted molar refractivity (Wildman–Crippen MR) is 68.2 cm³/mol. The lowest BCUT2D eigenvalue weighted by molar-refractivity contribution is -0.384. The van der Waals surface area contributed by atoms with Gasteiger partial charge in [-0.15, -0.1) is 0 Å². The number of aromatic nitrogens is 2. The second kappa shape index (κ2) is 5.15. The van der Waals surface area contributed by atoms with Gasteiger partial charge in [-0.2, -0.15) is 0 Å². The van der Waals surface area contributed by atoms with Crippen molar-refractivity contribution in [1.29, 1.82) is 0 Å². The van der Waals surface area contributed by atoms with Crippen LogP contribution in [0.15, 0.2) is 22.3 Å². The lowest BCUT2D eigenvalue weighted by atomic mass is 10.4. The van der Waals surface area contributed by atoms with Gasteiger partial charge in [-0.3, -0.25) is 14.9 Å². The van der Waals surface area contributed by atoms with Crippen molar-refractivity contribution < 1.29 is 4.92 Å². The molecule has 0 aliphatic rings. The first kappa shape index (κ1) is 12.5. The number of hydrogen-bond donors (Lipinski definition) is 2. The molecule has 0 saturated heterocycles. The van der Waals surface area contributed by atoms with E-state index in [4.69, 9.17) is 11.6 Å². The van der Waals surface area contributed by atoms with E-state index in [1.165, 1.54) is 12.1 Å². The zero-order valence-corrected chi connectivity index (χ0v) is 10.4. The van der Waals surface area contributed by atoms with Gasteiger partial charge in [0.2, 0.25) is 0 Å². The van der Waals surface area contributed by atoms with Crippen molar-refractivity contribution in [3.05, 3.63) is 48.1 Å². The van der Waals surface area contributed by atoms with E-state index < -0.39 is 4.92 Å². The van der Waals surface area contributed by atoms with Crippen molar-refractivity contribution in [1.82, 2.24) is 9.97 Å². The van der Waals surface area contributed by atoms with E-state index in [1.807, 2.05) is 0 Å². The van der Waals surface area contributed by atoms with Crippen LogP contribution in [-0.4, -0.2) is 14.9 Å². The van der Waals surface area contributed by atoms with Gasteiger partial charge in [-0.1, -0.05) is 22.9 Å². The molecule has 0 radical (unpaired) electrons. The Morgan fingerprint density at radius 1 is 1.56 bits per heavy atom. The second-order valence-electron chi connectivity index (χ2n) is 3.32. The largest absolute Gasteiger partial charge is 0.364 e. The maximum Gasteiger partial charge on any atom is 0.304 e. The first-order valence-corrected chi connectivity index (χ1v) is 6.03. The molecule has 0 saturated carbocycles. The summed E-state index contributed by atoms with van der Waals surface area (Å²) in [6.45, 7) is 0.309. The highest BCUT2D eigenvalue weighted by Crippen LogP contribution is 2.20. The van der Waals surface area contributed by atoms with Crippen LogP contribution in [0.25, 0.3) is 0 Å². The summed E-state index contributed by atoms with van der Waals surface area (Å²) >= 11 is 6.71. The van der Waals surface area contributed by atoms with Gasteiger partial charge in [0.15, 0.2) is 0 Å². The van der Waals surface area contributed by atoms with E-state index in [9.17, 15) is 14.9 Å². The van der Waals surface area contributed by atoms with E-state index in [1.54, 1.807) is 5.38 Å². The molecule has 0 aliphatic heterocycles. The number of nitrogens with one attached hydrogen (secondary N) is 2. The smallest absolute Gasteiger partial charge is 0.304 e. The summed E-state index contributed by atoms with van der Waals surface area (Å²) < 4.78 is 0. The Labute approximate surface area is 110 Å². The molecule has 2 rings (SSSR count). The van der Waals surface area contributed by atoms with Crippen LogP contribution in [0, 0.1) is 10.1 Å². The van der Waals surface area contributed by atoms with Gasteiger partial charge in [0, 0.05) is 11.1 Å². The summed E-state index contributed by atoms with van der Waals surface area (Å²) in [5, 5.41) is 15.2. The van der Waals surface area contributed by atoms with Crippen LogP contribution in [0.1, 0.15) is 5.69 Å². The molecule has 0 amide bonds. The van der Waals surface area contributed by atoms with Gasteiger partial charge in [-0.25, -0.2) is 4.98 Å². The molecule has 0 atom stereocenters. The summed E-state index contributed by atoms with van der Waals surface area (Å²) in [6, 6.07) is 2.44. The predicted octanol–water partition coefficient (Wildman–Crippen LogP) is 2.01. The number of hydrogen-bond acceptors (Lipinski definition) is 6. The van der Waals surface area contributed by atoms with Crippen molar-refractivity contribution in [3.63, 3.8) is 0 Å². The molecular weight excluding hydrogens is 280 g/mol. The fraction of sp³-hybridized carbons (Fsp3) is 0.111. The third-order valence-electron chi connectivity index (χ3n) is 2.02. The van der Waals surface area contributed by atoms with E-state index in [2.05, 4.69) is 15.3 Å². The molecule has 2 N–H and O–H groups in total. The minimum Gasteiger partial charge on any atom is -0.364 e. The molecule has 7 nitrogen and oxygen atoms in total. The molecule has 18 heavy (non-hydrogen) atoms. The number of thiazole rings is 1. The average Bonchev–Trinajstić information content (AvgIpc) is 2.72. The maximum atomic E-state index is 10.9. The molecule has 2 aromatic heterocycles. The van der Waals surface area contributed by atoms with Crippen LogP contribution in [0.5, 0.6) is 0 Å². The van der Waals surface area contributed by atoms with Crippen LogP contribution < -0.4 is 10.2 Å². The zero-order valence-electron chi connectivity index (χ0n) is 8.84. The molecular formula is C9H7ClN4O3S. The third kappa shape index (κ3) is 3.05. The highest BCUT2D eigenvalue weighted by atomic mass is 35.5. The Kier molecular flexibility index (Phi) is 3.58. The van der Waals surface area contributed by atoms with Crippen LogP contribution in [0.2, 0.25) is 5.15 Å². The maximum absolute atomic E-state index is 10.9. The molecule has 94 valence electrons. The summed E-state index contributed by atoms with van der Waals surface area (Å²) in [5.41, 5.74) is 0.533. The number of nitro groups is 1. The number of aromatic amines is 1. The fourth-order valence-electron chi connectivity index (χ4n) is 1.27. The van der Waals surface area contributed by atoms with Gasteiger partial charge >= 0.3 is 4.87 Å². The summed E-state index contributed by atoms with van der Waals surface area (Å²) in [5.74, 6) is 0.279. The standard InChI is InChI=1S/C9H7ClN4O3S/c10-7-1-6(14(16)17)2-8(13-7)11-3-5-4-18-9(15)12-5/h1-2,4H,3H2,(H,11,13)(H,12,15). The van der Waals surface area contributed by atoms with Crippen LogP contribution in [0.3, 0.4) is 0 Å². The molecule has 2 aromatic rings. The Hall–Kier alpha value is -1.93. The molecule has 9 heteroatoms. The number of nitrogens with zero attached hydrogens (tertiary/aromatic N) is 2. The van der Waals surface area contributed by atoms with Crippen LogP contribution in [0.4, 0.5) is 11.5 Å². The normalized spacial score (nSPS) is 10.3. The Morgan fingerprint density at radius 2 is 2.33 bits per heavy atom. The second-order valence-corrected chi connectivity index (χ2v) is 4.55. The summed E-state index contributed by atoms with van der Waals surface area (Å²) in [7, 11) is 0. The van der Waals surface area contributed by atoms with Crippen molar-refractivity contribution in [2.75, 3.05) is 5.32 Å². The molecule has 0 bridgehead atoms. The minimum absolute atomic E-state index is 0.0329. The number of pyridine rings is 1. The molecule has 0 spiro atoms. The van der Waals surface area contributed by atoms with E-state index in [0.29, 0.717) is 12.2 Å². The molecule has 0 aliphatic carbocycles. The Balaban J connectivity index is 2.14. The SMILES string of the molecule is O=c1[nH]c(CNc2cc([N+](=O)[O-])cc(Cl)n2)cs1. The lowest BCUT2D eigenvalue weighted by Crippen LogP contribution is -2.04. The van der Waals surface area contributed by atoms with Crippen LogP contribution in [-0.2, 0) is 6.54 Å². The third-order valence-corrected chi connectivity index (χ3v) is 2.93. The summed E-state index contributed by atoms with van der Waals surface area (Å²) in [6.07, 6.45) is 0. The topological polar surface area (TPSA) is 101 Å². The molecule has 0 unspecified atom stereocenters. The Bertz CT molecular complexity index is 639. The van der Waals surface area contributed by atoms with Gasteiger partial charge in [0.05, 0.1) is 23.6 Å². The first-order chi connectivity index (χ1) is 8.54. The minimum atomic E-state index is -0.550. The van der Waals surface area contributed by atoms with Crippen molar-refractivity contribution in [2.45, 2.75) is 6.54 Å². The number of rotatable bonds is 4. The quantitative estimate of drug-likeness (QED) is 0.508. The van der Waals surface area contributed by atoms with Gasteiger partial charge in [0.25, 0.3) is 5.69 Å². The Morgan fingerprint density at radius 3 is 2.94 bits per heavy atom. The highest BCUT2D eigenvalue weighted by molar-refractivity contribution is 7.07. The first-order valence-electron chi connectivity index (χ1n) is 4.77. The van der Waals surface area contributed by atoms with Gasteiger partial charge in [0.1, 0.15) is 11.0 Å². The van der Waals surface area contributed by atoms with E-state index in [0.717, 1.165) is 11.3 Å². The van der Waals surface area contributed by atoms with Crippen molar-refractivity contribution in [2.24, 2.45) is 0 Å². The van der Waals surface area contributed by atoms with Gasteiger partial charge in [-0.05, 0) is 0 Å². The number of halogens is 1. The number of anilines is 1. The zero-order chi connectivity index (χ0) is 13.1.